The first-order valence-corrected chi connectivity index (χ1v) is 7.40. The zero-order valence-electron chi connectivity index (χ0n) is 11.0. The van der Waals surface area contributed by atoms with Crippen LogP contribution in [0.15, 0.2) is 47.9 Å². The van der Waals surface area contributed by atoms with Crippen molar-refractivity contribution in [3.8, 4) is 11.8 Å². The average Bonchev–Trinajstić information content (AvgIpc) is 2.52. The molecule has 0 spiro atoms. The quantitative estimate of drug-likeness (QED) is 0.444. The maximum Gasteiger partial charge on any atom is 0.187 e. The van der Waals surface area contributed by atoms with Crippen LogP contribution in [0.4, 0.5) is 0 Å². The van der Waals surface area contributed by atoms with Crippen molar-refractivity contribution >= 4 is 11.8 Å². The van der Waals surface area contributed by atoms with E-state index in [9.17, 15) is 0 Å². The van der Waals surface area contributed by atoms with Gasteiger partial charge in [-0.3, -0.25) is 0 Å². The van der Waals surface area contributed by atoms with Crippen molar-refractivity contribution in [2.45, 2.75) is 18.0 Å². The Kier molecular flexibility index (Phi) is 5.87. The Balaban J connectivity index is 1.64. The van der Waals surface area contributed by atoms with Crippen LogP contribution in [-0.2, 0) is 0 Å². The topological polar surface area (TPSA) is 58.8 Å². The number of thioether (sulfide) groups is 1. The molecule has 0 atom stereocenters. The van der Waals surface area contributed by atoms with Crippen molar-refractivity contribution < 1.29 is 4.74 Å². The molecule has 0 radical (unpaired) electrons. The fourth-order valence-electron chi connectivity index (χ4n) is 1.59. The SMILES string of the molecule is N#Cc1ccccc1OCCCCSc1ncccn1. The lowest BCUT2D eigenvalue weighted by molar-refractivity contribution is 0.309. The molecule has 0 aliphatic heterocycles. The third kappa shape index (κ3) is 4.56. The summed E-state index contributed by atoms with van der Waals surface area (Å²) in [5, 5.41) is 9.75. The number of hydrogen-bond acceptors (Lipinski definition) is 5. The largest absolute Gasteiger partial charge is 0.492 e. The molecule has 5 heteroatoms. The second-order valence-corrected chi connectivity index (χ2v) is 5.11. The van der Waals surface area contributed by atoms with Crippen LogP contribution in [0, 0.1) is 11.3 Å². The number of nitrogens with zero attached hydrogens (tertiary/aromatic N) is 3. The summed E-state index contributed by atoms with van der Waals surface area (Å²) in [7, 11) is 0. The van der Waals surface area contributed by atoms with E-state index in [2.05, 4.69) is 16.0 Å². The first-order valence-electron chi connectivity index (χ1n) is 6.42. The molecule has 20 heavy (non-hydrogen) atoms. The van der Waals surface area contributed by atoms with Gasteiger partial charge >= 0.3 is 0 Å². The normalized spacial score (nSPS) is 9.95. The Bertz CT molecular complexity index is 569. The summed E-state index contributed by atoms with van der Waals surface area (Å²) < 4.78 is 5.62. The monoisotopic (exact) mass is 285 g/mol. The van der Waals surface area contributed by atoms with Crippen molar-refractivity contribution in [1.82, 2.24) is 9.97 Å². The minimum Gasteiger partial charge on any atom is -0.492 e. The fraction of sp³-hybridized carbons (Fsp3) is 0.267. The number of rotatable bonds is 7. The summed E-state index contributed by atoms with van der Waals surface area (Å²) in [6.07, 6.45) is 5.46. The first kappa shape index (κ1) is 14.4. The average molecular weight is 285 g/mol. The van der Waals surface area contributed by atoms with Gasteiger partial charge in [0.25, 0.3) is 0 Å². The molecule has 0 saturated heterocycles. The molecule has 2 rings (SSSR count). The van der Waals surface area contributed by atoms with Gasteiger partial charge in [-0.15, -0.1) is 0 Å². The van der Waals surface area contributed by atoms with Gasteiger partial charge in [0, 0.05) is 18.1 Å². The van der Waals surface area contributed by atoms with Crippen LogP contribution >= 0.6 is 11.8 Å². The highest BCUT2D eigenvalue weighted by molar-refractivity contribution is 7.99. The zero-order chi connectivity index (χ0) is 14.0. The molecule has 0 fully saturated rings. The number of nitriles is 1. The van der Waals surface area contributed by atoms with E-state index in [0.717, 1.165) is 23.8 Å². The van der Waals surface area contributed by atoms with E-state index in [-0.39, 0.29) is 0 Å². The zero-order valence-corrected chi connectivity index (χ0v) is 11.8. The molecule has 0 saturated carbocycles. The molecule has 0 amide bonds. The van der Waals surface area contributed by atoms with Crippen molar-refractivity contribution in [2.24, 2.45) is 0 Å². The van der Waals surface area contributed by atoms with Crippen molar-refractivity contribution in [3.63, 3.8) is 0 Å². The summed E-state index contributed by atoms with van der Waals surface area (Å²) in [6, 6.07) is 11.2. The minimum absolute atomic E-state index is 0.583. The van der Waals surface area contributed by atoms with Gasteiger partial charge in [0.05, 0.1) is 12.2 Å². The Morgan fingerprint density at radius 3 is 2.70 bits per heavy atom. The first-order chi connectivity index (χ1) is 9.90. The fourth-order valence-corrected chi connectivity index (χ4v) is 2.40. The Morgan fingerprint density at radius 2 is 1.90 bits per heavy atom. The lowest BCUT2D eigenvalue weighted by Gasteiger charge is -2.07. The van der Waals surface area contributed by atoms with E-state index >= 15 is 0 Å². The van der Waals surface area contributed by atoms with E-state index in [1.165, 1.54) is 0 Å². The van der Waals surface area contributed by atoms with E-state index in [1.807, 2.05) is 24.3 Å². The highest BCUT2D eigenvalue weighted by atomic mass is 32.2. The molecule has 102 valence electrons. The predicted molar refractivity (Wildman–Crippen MR) is 78.6 cm³/mol. The molecule has 1 aromatic heterocycles. The molecule has 2 aromatic rings. The van der Waals surface area contributed by atoms with Gasteiger partial charge in [0.15, 0.2) is 5.16 Å². The minimum atomic E-state index is 0.583. The Labute approximate surface area is 122 Å². The number of unbranched alkanes of at least 4 members (excludes halogenated alkanes) is 1. The van der Waals surface area contributed by atoms with Gasteiger partial charge in [0.2, 0.25) is 0 Å². The van der Waals surface area contributed by atoms with Crippen molar-refractivity contribution in [3.05, 3.63) is 48.3 Å². The molecule has 0 unspecified atom stereocenters. The van der Waals surface area contributed by atoms with Crippen LogP contribution in [0.1, 0.15) is 18.4 Å². The van der Waals surface area contributed by atoms with Gasteiger partial charge in [-0.05, 0) is 31.0 Å². The molecular formula is C15H15N3OS. The summed E-state index contributed by atoms with van der Waals surface area (Å²) >= 11 is 1.64. The second kappa shape index (κ2) is 8.18. The van der Waals surface area contributed by atoms with Crippen LogP contribution in [0.5, 0.6) is 5.75 Å². The van der Waals surface area contributed by atoms with Crippen LogP contribution in [-0.4, -0.2) is 22.3 Å². The molecule has 0 bridgehead atoms. The molecule has 0 N–H and O–H groups in total. The van der Waals surface area contributed by atoms with Gasteiger partial charge in [-0.1, -0.05) is 23.9 Å². The summed E-state index contributed by atoms with van der Waals surface area (Å²) in [5.41, 5.74) is 0.583. The molecule has 1 aromatic carbocycles. The maximum atomic E-state index is 8.94. The number of para-hydroxylation sites is 1. The molecule has 4 nitrogen and oxygen atoms in total. The summed E-state index contributed by atoms with van der Waals surface area (Å²) in [5.74, 6) is 1.63. The third-order valence-corrected chi connectivity index (χ3v) is 3.54. The van der Waals surface area contributed by atoms with Crippen molar-refractivity contribution in [1.29, 1.82) is 5.26 Å². The smallest absolute Gasteiger partial charge is 0.187 e. The Morgan fingerprint density at radius 1 is 1.10 bits per heavy atom. The van der Waals surface area contributed by atoms with Crippen LogP contribution < -0.4 is 4.74 Å². The molecule has 0 aliphatic rings. The van der Waals surface area contributed by atoms with Crippen molar-refractivity contribution in [2.75, 3.05) is 12.4 Å². The third-order valence-electron chi connectivity index (χ3n) is 2.58. The lowest BCUT2D eigenvalue weighted by atomic mass is 10.2. The van der Waals surface area contributed by atoms with E-state index in [0.29, 0.717) is 17.9 Å². The number of aromatic nitrogens is 2. The van der Waals surface area contributed by atoms with E-state index in [1.54, 1.807) is 30.2 Å². The van der Waals surface area contributed by atoms with Gasteiger partial charge in [-0.2, -0.15) is 5.26 Å². The predicted octanol–water partition coefficient (Wildman–Crippen LogP) is 3.30. The molecule has 0 aliphatic carbocycles. The highest BCUT2D eigenvalue weighted by Gasteiger charge is 2.01. The van der Waals surface area contributed by atoms with Gasteiger partial charge < -0.3 is 4.74 Å². The lowest BCUT2D eigenvalue weighted by Crippen LogP contribution is -1.99. The molecular weight excluding hydrogens is 270 g/mol. The van der Waals surface area contributed by atoms with Crippen LogP contribution in [0.3, 0.4) is 0 Å². The maximum absolute atomic E-state index is 8.94. The summed E-state index contributed by atoms with van der Waals surface area (Å²) in [6.45, 7) is 0.620. The number of hydrogen-bond donors (Lipinski definition) is 0. The van der Waals surface area contributed by atoms with Gasteiger partial charge in [0.1, 0.15) is 11.8 Å². The van der Waals surface area contributed by atoms with E-state index in [4.69, 9.17) is 10.00 Å². The Hall–Kier alpha value is -2.06. The highest BCUT2D eigenvalue weighted by Crippen LogP contribution is 2.17. The second-order valence-electron chi connectivity index (χ2n) is 4.04. The molecule has 1 heterocycles. The number of ether oxygens (including phenoxy) is 1. The standard InChI is InChI=1S/C15H15N3OS/c16-12-13-6-1-2-7-14(13)19-10-3-4-11-20-15-17-8-5-9-18-15/h1-2,5-9H,3-4,10-11H2. The van der Waals surface area contributed by atoms with Gasteiger partial charge in [-0.25, -0.2) is 9.97 Å². The summed E-state index contributed by atoms with van der Waals surface area (Å²) in [4.78, 5) is 8.30. The van der Waals surface area contributed by atoms with E-state index < -0.39 is 0 Å². The number of benzene rings is 1. The van der Waals surface area contributed by atoms with Crippen LogP contribution in [0.2, 0.25) is 0 Å². The van der Waals surface area contributed by atoms with Crippen LogP contribution in [0.25, 0.3) is 0 Å².